The summed E-state index contributed by atoms with van der Waals surface area (Å²) < 4.78 is 15.5. The molecule has 1 saturated heterocycles. The highest BCUT2D eigenvalue weighted by Crippen LogP contribution is 2.43. The maximum absolute atomic E-state index is 11.1. The SMILES string of the molecule is Cc1nnn(C)c1-c1cnc2c3onc(C(C)(C)O)c3n(C(c3cc(Cl)ccn3)C3CCOCC3)c2c1. The fourth-order valence-electron chi connectivity index (χ4n) is 5.47. The number of rotatable bonds is 5. The minimum atomic E-state index is -1.25. The van der Waals surface area contributed by atoms with Crippen LogP contribution in [0, 0.1) is 12.8 Å². The van der Waals surface area contributed by atoms with Crippen molar-refractivity contribution in [1.82, 2.24) is 34.7 Å². The highest BCUT2D eigenvalue weighted by molar-refractivity contribution is 6.30. The summed E-state index contributed by atoms with van der Waals surface area (Å²) in [5.74, 6) is 0.201. The van der Waals surface area contributed by atoms with Gasteiger partial charge in [-0.2, -0.15) is 0 Å². The third-order valence-corrected chi connectivity index (χ3v) is 7.37. The number of nitrogens with zero attached hydrogens (tertiary/aromatic N) is 7. The second-order valence-electron chi connectivity index (χ2n) is 10.2. The second-order valence-corrected chi connectivity index (χ2v) is 10.6. The Balaban J connectivity index is 1.71. The molecule has 10 nitrogen and oxygen atoms in total. The smallest absolute Gasteiger partial charge is 0.211 e. The summed E-state index contributed by atoms with van der Waals surface area (Å²) >= 11 is 6.46. The van der Waals surface area contributed by atoms with Crippen LogP contribution in [-0.2, 0) is 17.4 Å². The van der Waals surface area contributed by atoms with Crippen LogP contribution in [0.15, 0.2) is 35.1 Å². The van der Waals surface area contributed by atoms with Crippen LogP contribution in [0.3, 0.4) is 0 Å². The van der Waals surface area contributed by atoms with Crippen LogP contribution < -0.4 is 0 Å². The molecule has 5 aromatic heterocycles. The molecule has 0 bridgehead atoms. The minimum Gasteiger partial charge on any atom is -0.384 e. The number of hydrogen-bond acceptors (Lipinski definition) is 8. The van der Waals surface area contributed by atoms with Gasteiger partial charge in [-0.05, 0) is 57.7 Å². The van der Waals surface area contributed by atoms with Gasteiger partial charge in [-0.15, -0.1) is 5.10 Å². The molecular formula is C26H28ClN7O3. The maximum Gasteiger partial charge on any atom is 0.211 e. The Labute approximate surface area is 218 Å². The Morgan fingerprint density at radius 2 is 1.97 bits per heavy atom. The van der Waals surface area contributed by atoms with E-state index in [1.54, 1.807) is 37.0 Å². The van der Waals surface area contributed by atoms with Gasteiger partial charge in [0.1, 0.15) is 22.3 Å². The van der Waals surface area contributed by atoms with Gasteiger partial charge in [0, 0.05) is 43.2 Å². The summed E-state index contributed by atoms with van der Waals surface area (Å²) in [6.45, 7) is 6.66. The van der Waals surface area contributed by atoms with E-state index in [0.29, 0.717) is 40.5 Å². The predicted molar refractivity (Wildman–Crippen MR) is 138 cm³/mol. The third-order valence-electron chi connectivity index (χ3n) is 7.14. The molecule has 0 radical (unpaired) electrons. The number of aromatic nitrogens is 7. The lowest BCUT2D eigenvalue weighted by Crippen LogP contribution is -2.28. The highest BCUT2D eigenvalue weighted by atomic mass is 35.5. The number of pyridine rings is 2. The van der Waals surface area contributed by atoms with Crippen LogP contribution >= 0.6 is 11.6 Å². The molecule has 37 heavy (non-hydrogen) atoms. The van der Waals surface area contributed by atoms with Crippen LogP contribution in [0.4, 0.5) is 0 Å². The molecule has 1 unspecified atom stereocenters. The Kier molecular flexibility index (Phi) is 5.78. The van der Waals surface area contributed by atoms with Crippen LogP contribution in [0.1, 0.15) is 49.8 Å². The van der Waals surface area contributed by atoms with Crippen molar-refractivity contribution in [2.75, 3.05) is 13.2 Å². The standard InChI is InChI=1S/C26H28ClN7O3/c1-14-21(33(4)32-30-14)16-11-19-20(29-13-16)24-23(25(31-37-24)26(2,3)35)34(19)22(15-6-9-36-10-7-15)18-12-17(27)5-8-28-18/h5,8,11-13,15,22,35H,6-7,9-10H2,1-4H3. The molecule has 5 aromatic rings. The molecule has 0 aromatic carbocycles. The van der Waals surface area contributed by atoms with Crippen LogP contribution in [0.5, 0.6) is 0 Å². The van der Waals surface area contributed by atoms with E-state index in [0.717, 1.165) is 41.0 Å². The summed E-state index contributed by atoms with van der Waals surface area (Å²) in [4.78, 5) is 9.58. The van der Waals surface area contributed by atoms with Gasteiger partial charge in [-0.1, -0.05) is 22.0 Å². The van der Waals surface area contributed by atoms with Gasteiger partial charge in [-0.25, -0.2) is 9.67 Å². The summed E-state index contributed by atoms with van der Waals surface area (Å²) in [5.41, 5.74) is 5.32. The van der Waals surface area contributed by atoms with Crippen LogP contribution in [0.2, 0.25) is 5.02 Å². The number of hydrogen-bond donors (Lipinski definition) is 1. The molecule has 1 fully saturated rings. The quantitative estimate of drug-likeness (QED) is 0.357. The van der Waals surface area contributed by atoms with Crippen molar-refractivity contribution in [3.05, 3.63) is 52.7 Å². The van der Waals surface area contributed by atoms with Crippen molar-refractivity contribution in [2.45, 2.75) is 45.3 Å². The van der Waals surface area contributed by atoms with E-state index in [1.807, 2.05) is 20.0 Å². The predicted octanol–water partition coefficient (Wildman–Crippen LogP) is 4.57. The van der Waals surface area contributed by atoms with Crippen molar-refractivity contribution in [3.63, 3.8) is 0 Å². The van der Waals surface area contributed by atoms with Gasteiger partial charge in [0.2, 0.25) is 5.58 Å². The molecule has 1 atom stereocenters. The van der Waals surface area contributed by atoms with E-state index in [1.165, 1.54) is 0 Å². The van der Waals surface area contributed by atoms with Gasteiger partial charge in [0.15, 0.2) is 0 Å². The molecule has 6 rings (SSSR count). The van der Waals surface area contributed by atoms with Gasteiger partial charge in [-0.3, -0.25) is 4.98 Å². The first-order chi connectivity index (χ1) is 17.7. The third kappa shape index (κ3) is 4.00. The molecule has 0 amide bonds. The number of aliphatic hydroxyl groups is 1. The van der Waals surface area contributed by atoms with Crippen molar-refractivity contribution in [2.24, 2.45) is 13.0 Å². The van der Waals surface area contributed by atoms with E-state index < -0.39 is 5.60 Å². The number of aryl methyl sites for hydroxylation is 2. The Morgan fingerprint density at radius 3 is 2.65 bits per heavy atom. The topological polar surface area (TPSA) is 117 Å². The van der Waals surface area contributed by atoms with Crippen molar-refractivity contribution in [3.8, 4) is 11.3 Å². The van der Waals surface area contributed by atoms with E-state index in [9.17, 15) is 5.11 Å². The Bertz CT molecular complexity index is 1590. The Hall–Kier alpha value is -3.34. The average Bonchev–Trinajstić information content (AvgIpc) is 3.53. The first kappa shape index (κ1) is 24.0. The zero-order valence-electron chi connectivity index (χ0n) is 21.1. The highest BCUT2D eigenvalue weighted by Gasteiger charge is 2.36. The molecule has 1 aliphatic rings. The zero-order valence-corrected chi connectivity index (χ0v) is 21.9. The van der Waals surface area contributed by atoms with Gasteiger partial charge in [0.05, 0.1) is 28.6 Å². The zero-order chi connectivity index (χ0) is 25.9. The minimum absolute atomic E-state index is 0.201. The van der Waals surface area contributed by atoms with E-state index >= 15 is 0 Å². The lowest BCUT2D eigenvalue weighted by atomic mass is 9.88. The molecule has 0 aliphatic carbocycles. The number of halogens is 1. The molecule has 0 spiro atoms. The molecule has 1 N–H and O–H groups in total. The van der Waals surface area contributed by atoms with Crippen molar-refractivity contribution < 1.29 is 14.4 Å². The molecular weight excluding hydrogens is 494 g/mol. The molecule has 11 heteroatoms. The molecule has 6 heterocycles. The largest absolute Gasteiger partial charge is 0.384 e. The van der Waals surface area contributed by atoms with Gasteiger partial charge in [0.25, 0.3) is 0 Å². The van der Waals surface area contributed by atoms with Crippen LogP contribution in [0.25, 0.3) is 33.4 Å². The number of fused-ring (bicyclic) bond motifs is 3. The lowest BCUT2D eigenvalue weighted by Gasteiger charge is -2.32. The molecule has 0 saturated carbocycles. The van der Waals surface area contributed by atoms with Crippen LogP contribution in [-0.4, -0.2) is 53.0 Å². The fraction of sp³-hybridized carbons (Fsp3) is 0.423. The number of ether oxygens (including phenoxy) is 1. The average molecular weight is 522 g/mol. The summed E-state index contributed by atoms with van der Waals surface area (Å²) in [6, 6.07) is 5.54. The van der Waals surface area contributed by atoms with Gasteiger partial charge < -0.3 is 18.9 Å². The van der Waals surface area contributed by atoms with Crippen molar-refractivity contribution >= 4 is 33.7 Å². The fourth-order valence-corrected chi connectivity index (χ4v) is 5.64. The van der Waals surface area contributed by atoms with E-state index in [4.69, 9.17) is 30.8 Å². The van der Waals surface area contributed by atoms with E-state index in [2.05, 4.69) is 26.1 Å². The maximum atomic E-state index is 11.1. The van der Waals surface area contributed by atoms with Gasteiger partial charge >= 0.3 is 0 Å². The normalized spacial score (nSPS) is 16.2. The molecule has 192 valence electrons. The lowest BCUT2D eigenvalue weighted by molar-refractivity contribution is 0.0542. The summed E-state index contributed by atoms with van der Waals surface area (Å²) in [7, 11) is 1.86. The summed E-state index contributed by atoms with van der Waals surface area (Å²) in [5, 5.41) is 24.4. The Morgan fingerprint density at radius 1 is 1.19 bits per heavy atom. The van der Waals surface area contributed by atoms with Crippen molar-refractivity contribution in [1.29, 1.82) is 0 Å². The molecule has 1 aliphatic heterocycles. The van der Waals surface area contributed by atoms with E-state index in [-0.39, 0.29) is 12.0 Å². The monoisotopic (exact) mass is 521 g/mol. The summed E-state index contributed by atoms with van der Waals surface area (Å²) in [6.07, 6.45) is 5.22. The second kappa shape index (κ2) is 8.90. The first-order valence-corrected chi connectivity index (χ1v) is 12.7. The first-order valence-electron chi connectivity index (χ1n) is 12.3.